The number of para-hydroxylation sites is 1. The predicted octanol–water partition coefficient (Wildman–Crippen LogP) is 16.0. The van der Waals surface area contributed by atoms with Crippen LogP contribution >= 0.6 is 0 Å². The maximum atomic E-state index is 6.40. The van der Waals surface area contributed by atoms with Crippen LogP contribution in [0.25, 0.3) is 88.0 Å². The van der Waals surface area contributed by atoms with Gasteiger partial charge in [-0.05, 0) is 115 Å². The summed E-state index contributed by atoms with van der Waals surface area (Å²) in [7, 11) is 0. The van der Waals surface area contributed by atoms with E-state index in [1.165, 1.54) is 54.9 Å². The molecule has 2 heteroatoms. The molecule has 0 spiro atoms. The first-order valence-corrected chi connectivity index (χ1v) is 19.8. The van der Waals surface area contributed by atoms with Crippen molar-refractivity contribution >= 4 is 60.5 Å². The fraction of sp³-hybridized carbons (Fsp3) is 0. The molecule has 0 N–H and O–H groups in total. The van der Waals surface area contributed by atoms with Crippen molar-refractivity contribution in [1.82, 2.24) is 0 Å². The largest absolute Gasteiger partial charge is 0.456 e. The van der Waals surface area contributed by atoms with Gasteiger partial charge in [-0.15, -0.1) is 0 Å². The minimum atomic E-state index is 0.868. The van der Waals surface area contributed by atoms with Crippen molar-refractivity contribution in [3.8, 4) is 44.5 Å². The Hall–Kier alpha value is -7.68. The third-order valence-corrected chi connectivity index (χ3v) is 11.4. The average Bonchev–Trinajstić information content (AvgIpc) is 3.68. The molecule has 0 bridgehead atoms. The molecule has 272 valence electrons. The second-order valence-corrected chi connectivity index (χ2v) is 14.9. The monoisotopic (exact) mass is 739 g/mol. The molecular formula is C56H37NO. The molecule has 0 aliphatic heterocycles. The van der Waals surface area contributed by atoms with Gasteiger partial charge in [0.1, 0.15) is 11.2 Å². The molecule has 0 atom stereocenters. The van der Waals surface area contributed by atoms with Crippen LogP contribution < -0.4 is 4.90 Å². The molecule has 0 saturated heterocycles. The number of hydrogen-bond donors (Lipinski definition) is 0. The smallest absolute Gasteiger partial charge is 0.137 e. The van der Waals surface area contributed by atoms with Crippen LogP contribution in [0.3, 0.4) is 0 Å². The van der Waals surface area contributed by atoms with Gasteiger partial charge in [0.25, 0.3) is 0 Å². The number of benzene rings is 10. The third-order valence-electron chi connectivity index (χ3n) is 11.4. The zero-order chi connectivity index (χ0) is 38.4. The molecule has 2 nitrogen and oxygen atoms in total. The van der Waals surface area contributed by atoms with Gasteiger partial charge in [0.2, 0.25) is 0 Å². The number of rotatable bonds is 7. The summed E-state index contributed by atoms with van der Waals surface area (Å²) < 4.78 is 6.40. The molecule has 0 radical (unpaired) electrons. The lowest BCUT2D eigenvalue weighted by Gasteiger charge is -2.26. The van der Waals surface area contributed by atoms with Gasteiger partial charge in [0, 0.05) is 33.9 Å². The van der Waals surface area contributed by atoms with Crippen LogP contribution in [0.5, 0.6) is 0 Å². The number of furan rings is 1. The van der Waals surface area contributed by atoms with E-state index >= 15 is 0 Å². The van der Waals surface area contributed by atoms with E-state index in [0.717, 1.165) is 50.1 Å². The van der Waals surface area contributed by atoms with E-state index in [0.29, 0.717) is 0 Å². The second-order valence-electron chi connectivity index (χ2n) is 14.9. The SMILES string of the molecule is c1ccc(-c2cccc(N(c3ccc(-c4ccc5c(c4)c(-c4ccccc4)c(-c4ccccc4)c4ccccc45)cc3)c3ccc4c(c3)oc3ccccc34)c2)cc1. The summed E-state index contributed by atoms with van der Waals surface area (Å²) in [5.74, 6) is 0. The van der Waals surface area contributed by atoms with Crippen molar-refractivity contribution in [3.63, 3.8) is 0 Å². The van der Waals surface area contributed by atoms with Gasteiger partial charge >= 0.3 is 0 Å². The topological polar surface area (TPSA) is 16.4 Å². The number of nitrogens with zero attached hydrogens (tertiary/aromatic N) is 1. The van der Waals surface area contributed by atoms with Crippen LogP contribution in [0.1, 0.15) is 0 Å². The predicted molar refractivity (Wildman–Crippen MR) is 245 cm³/mol. The van der Waals surface area contributed by atoms with E-state index in [9.17, 15) is 0 Å². The van der Waals surface area contributed by atoms with Gasteiger partial charge in [-0.2, -0.15) is 0 Å². The van der Waals surface area contributed by atoms with Gasteiger partial charge < -0.3 is 9.32 Å². The molecule has 0 fully saturated rings. The molecule has 1 aromatic heterocycles. The Bertz CT molecular complexity index is 3260. The lowest BCUT2D eigenvalue weighted by molar-refractivity contribution is 0.669. The summed E-state index contributed by atoms with van der Waals surface area (Å²) in [6.45, 7) is 0. The highest BCUT2D eigenvalue weighted by molar-refractivity contribution is 6.22. The maximum Gasteiger partial charge on any atom is 0.137 e. The summed E-state index contributed by atoms with van der Waals surface area (Å²) in [5.41, 5.74) is 14.5. The Labute approximate surface area is 337 Å². The molecule has 0 aliphatic carbocycles. The molecule has 11 aromatic rings. The zero-order valence-corrected chi connectivity index (χ0v) is 31.7. The van der Waals surface area contributed by atoms with Crippen LogP contribution in [0.15, 0.2) is 229 Å². The first-order valence-electron chi connectivity index (χ1n) is 19.8. The highest BCUT2D eigenvalue weighted by atomic mass is 16.3. The quantitative estimate of drug-likeness (QED) is 0.151. The van der Waals surface area contributed by atoms with Crippen LogP contribution in [0.4, 0.5) is 17.1 Å². The normalized spacial score (nSPS) is 11.4. The standard InChI is InChI=1S/C56H37NO/c1-4-15-38(16-5-1)42-21-14-22-45(35-42)57(46-32-34-50-49-24-12-13-26-53(49)58-54(50)37-46)44-30-27-39(28-31-44)43-29-33-48-47-23-10-11-25-51(47)55(40-17-6-2-7-18-40)56(52(48)36-43)41-19-8-3-9-20-41/h1-37H. The minimum absolute atomic E-state index is 0.868. The Kier molecular flexibility index (Phi) is 8.19. The molecule has 10 aromatic carbocycles. The van der Waals surface area contributed by atoms with Gasteiger partial charge in [0.05, 0.1) is 0 Å². The third kappa shape index (κ3) is 5.82. The molecule has 58 heavy (non-hydrogen) atoms. The second kappa shape index (κ2) is 14.1. The molecule has 11 rings (SSSR count). The molecule has 0 unspecified atom stereocenters. The van der Waals surface area contributed by atoms with E-state index in [1.807, 2.05) is 12.1 Å². The van der Waals surface area contributed by atoms with E-state index in [-0.39, 0.29) is 0 Å². The summed E-state index contributed by atoms with van der Waals surface area (Å²) in [4.78, 5) is 2.33. The molecule has 0 amide bonds. The van der Waals surface area contributed by atoms with Crippen molar-refractivity contribution < 1.29 is 4.42 Å². The molecule has 0 aliphatic rings. The van der Waals surface area contributed by atoms with Gasteiger partial charge in [-0.25, -0.2) is 0 Å². The highest BCUT2D eigenvalue weighted by Gasteiger charge is 2.20. The number of fused-ring (bicyclic) bond motifs is 6. The van der Waals surface area contributed by atoms with Crippen molar-refractivity contribution in [2.75, 3.05) is 4.90 Å². The van der Waals surface area contributed by atoms with E-state index in [1.54, 1.807) is 0 Å². The van der Waals surface area contributed by atoms with Crippen LogP contribution in [-0.4, -0.2) is 0 Å². The lowest BCUT2D eigenvalue weighted by atomic mass is 9.84. The summed E-state index contributed by atoms with van der Waals surface area (Å²) in [6.07, 6.45) is 0. The molecule has 0 saturated carbocycles. The van der Waals surface area contributed by atoms with Crippen LogP contribution in [-0.2, 0) is 0 Å². The first kappa shape index (κ1) is 33.6. The lowest BCUT2D eigenvalue weighted by Crippen LogP contribution is -2.10. The van der Waals surface area contributed by atoms with Gasteiger partial charge in [-0.1, -0.05) is 170 Å². The van der Waals surface area contributed by atoms with Crippen molar-refractivity contribution in [3.05, 3.63) is 224 Å². The van der Waals surface area contributed by atoms with Crippen molar-refractivity contribution in [2.45, 2.75) is 0 Å². The summed E-state index contributed by atoms with van der Waals surface area (Å²) in [5, 5.41) is 7.24. The number of hydrogen-bond acceptors (Lipinski definition) is 2. The average molecular weight is 740 g/mol. The highest BCUT2D eigenvalue weighted by Crippen LogP contribution is 2.46. The van der Waals surface area contributed by atoms with Gasteiger partial charge in [0.15, 0.2) is 0 Å². The summed E-state index contributed by atoms with van der Waals surface area (Å²) in [6, 6.07) is 80.7. The molecular weight excluding hydrogens is 703 g/mol. The minimum Gasteiger partial charge on any atom is -0.456 e. The maximum absolute atomic E-state index is 6.40. The van der Waals surface area contributed by atoms with Crippen molar-refractivity contribution in [1.29, 1.82) is 0 Å². The fourth-order valence-electron chi connectivity index (χ4n) is 8.74. The Morgan fingerprint density at radius 3 is 1.43 bits per heavy atom. The molecule has 1 heterocycles. The first-order chi connectivity index (χ1) is 28.8. The Morgan fingerprint density at radius 2 is 0.707 bits per heavy atom. The van der Waals surface area contributed by atoms with E-state index in [2.05, 4.69) is 217 Å². The van der Waals surface area contributed by atoms with E-state index < -0.39 is 0 Å². The summed E-state index contributed by atoms with van der Waals surface area (Å²) >= 11 is 0. The fourth-order valence-corrected chi connectivity index (χ4v) is 8.74. The van der Waals surface area contributed by atoms with E-state index in [4.69, 9.17) is 4.42 Å². The Balaban J connectivity index is 1.07. The zero-order valence-electron chi connectivity index (χ0n) is 31.7. The van der Waals surface area contributed by atoms with Crippen LogP contribution in [0, 0.1) is 0 Å². The number of anilines is 3. The van der Waals surface area contributed by atoms with Gasteiger partial charge in [-0.3, -0.25) is 0 Å². The van der Waals surface area contributed by atoms with Crippen LogP contribution in [0.2, 0.25) is 0 Å². The van der Waals surface area contributed by atoms with Crippen molar-refractivity contribution in [2.24, 2.45) is 0 Å². The Morgan fingerprint density at radius 1 is 0.241 bits per heavy atom.